The smallest absolute Gasteiger partial charge is 0.258 e. The molecule has 0 aliphatic heterocycles. The van der Waals surface area contributed by atoms with Crippen LogP contribution in [0.1, 0.15) is 0 Å². The average molecular weight is 314 g/mol. The molecule has 0 saturated carbocycles. The maximum Gasteiger partial charge on any atom is 0.269 e. The molecule has 0 aliphatic rings. The van der Waals surface area contributed by atoms with E-state index in [-0.39, 0.29) is 15.6 Å². The third kappa shape index (κ3) is 2.31. The number of sulfone groups is 1. The lowest BCUT2D eigenvalue weighted by molar-refractivity contribution is -0.384. The first-order chi connectivity index (χ1) is 10.5. The van der Waals surface area contributed by atoms with Crippen molar-refractivity contribution in [3.8, 4) is 0 Å². The highest BCUT2D eigenvalue weighted by atomic mass is 32.2. The van der Waals surface area contributed by atoms with Gasteiger partial charge in [-0.2, -0.15) is 0 Å². The number of benzene rings is 2. The Morgan fingerprint density at radius 2 is 1.64 bits per heavy atom. The van der Waals surface area contributed by atoms with Crippen LogP contribution in [0.2, 0.25) is 0 Å². The molecular weight excluding hydrogens is 304 g/mol. The van der Waals surface area contributed by atoms with Crippen LogP contribution in [-0.4, -0.2) is 18.3 Å². The number of nitro groups is 1. The Hall–Kier alpha value is -2.80. The van der Waals surface area contributed by atoms with Crippen molar-refractivity contribution < 1.29 is 13.3 Å². The van der Waals surface area contributed by atoms with E-state index in [1.165, 1.54) is 18.3 Å². The van der Waals surface area contributed by atoms with Crippen molar-refractivity contribution in [2.75, 3.05) is 0 Å². The quantitative estimate of drug-likeness (QED) is 0.547. The molecule has 0 atom stereocenters. The van der Waals surface area contributed by atoms with Gasteiger partial charge in [-0.15, -0.1) is 0 Å². The molecule has 0 spiro atoms. The fourth-order valence-corrected chi connectivity index (χ4v) is 3.56. The van der Waals surface area contributed by atoms with E-state index in [1.807, 2.05) is 6.07 Å². The summed E-state index contributed by atoms with van der Waals surface area (Å²) in [5.41, 5.74) is -0.162. The van der Waals surface area contributed by atoms with Gasteiger partial charge in [0.1, 0.15) is 0 Å². The molecule has 3 rings (SSSR count). The standard InChI is InChI=1S/C15H10N2O4S/c18-17(19)12-5-7-13(8-6-12)22(20,21)15-14-4-2-1-3-11(14)9-10-16-15/h1-10H. The number of non-ortho nitro benzene ring substituents is 1. The minimum atomic E-state index is -3.84. The molecule has 110 valence electrons. The lowest BCUT2D eigenvalue weighted by Gasteiger charge is -2.07. The summed E-state index contributed by atoms with van der Waals surface area (Å²) in [6.07, 6.45) is 1.43. The van der Waals surface area contributed by atoms with E-state index in [9.17, 15) is 18.5 Å². The third-order valence-corrected chi connectivity index (χ3v) is 4.98. The summed E-state index contributed by atoms with van der Waals surface area (Å²) < 4.78 is 25.4. The second-order valence-electron chi connectivity index (χ2n) is 4.59. The molecule has 7 heteroatoms. The number of hydrogen-bond acceptors (Lipinski definition) is 5. The van der Waals surface area contributed by atoms with Crippen LogP contribution in [0, 0.1) is 10.1 Å². The Morgan fingerprint density at radius 1 is 0.955 bits per heavy atom. The highest BCUT2D eigenvalue weighted by molar-refractivity contribution is 7.91. The molecule has 0 radical (unpaired) electrons. The average Bonchev–Trinajstić information content (AvgIpc) is 2.54. The van der Waals surface area contributed by atoms with Crippen LogP contribution in [0.3, 0.4) is 0 Å². The van der Waals surface area contributed by atoms with Gasteiger partial charge >= 0.3 is 0 Å². The zero-order valence-corrected chi connectivity index (χ0v) is 12.0. The lowest BCUT2D eigenvalue weighted by atomic mass is 10.2. The fourth-order valence-electron chi connectivity index (χ4n) is 2.16. The second-order valence-corrected chi connectivity index (χ2v) is 6.46. The SMILES string of the molecule is O=[N+]([O-])c1ccc(S(=O)(=O)c2nccc3ccccc23)cc1. The van der Waals surface area contributed by atoms with Crippen LogP contribution in [0.5, 0.6) is 0 Å². The van der Waals surface area contributed by atoms with E-state index in [1.54, 1.807) is 24.3 Å². The monoisotopic (exact) mass is 314 g/mol. The van der Waals surface area contributed by atoms with Crippen molar-refractivity contribution in [3.63, 3.8) is 0 Å². The van der Waals surface area contributed by atoms with E-state index in [4.69, 9.17) is 0 Å². The summed E-state index contributed by atoms with van der Waals surface area (Å²) in [6.45, 7) is 0. The molecule has 3 aromatic rings. The Morgan fingerprint density at radius 3 is 2.32 bits per heavy atom. The van der Waals surface area contributed by atoms with Gasteiger partial charge in [-0.05, 0) is 23.6 Å². The molecule has 2 aromatic carbocycles. The number of nitrogens with zero attached hydrogens (tertiary/aromatic N) is 2. The molecule has 0 unspecified atom stereocenters. The number of fused-ring (bicyclic) bond motifs is 1. The van der Waals surface area contributed by atoms with Crippen molar-refractivity contribution in [1.82, 2.24) is 4.98 Å². The third-order valence-electron chi connectivity index (χ3n) is 3.25. The molecular formula is C15H10N2O4S. The van der Waals surface area contributed by atoms with Gasteiger partial charge in [0.2, 0.25) is 9.84 Å². The zero-order chi connectivity index (χ0) is 15.7. The van der Waals surface area contributed by atoms with Crippen LogP contribution in [0.25, 0.3) is 10.8 Å². The van der Waals surface area contributed by atoms with E-state index >= 15 is 0 Å². The molecule has 1 aromatic heterocycles. The van der Waals surface area contributed by atoms with Crippen molar-refractivity contribution >= 4 is 26.3 Å². The highest BCUT2D eigenvalue weighted by Crippen LogP contribution is 2.27. The Balaban J connectivity index is 2.18. The summed E-state index contributed by atoms with van der Waals surface area (Å²) in [5.74, 6) is 0. The normalized spacial score (nSPS) is 11.5. The van der Waals surface area contributed by atoms with Crippen LogP contribution in [0.15, 0.2) is 70.7 Å². The van der Waals surface area contributed by atoms with Gasteiger partial charge in [0.15, 0.2) is 5.03 Å². The first-order valence-corrected chi connectivity index (χ1v) is 7.82. The molecule has 0 saturated heterocycles. The molecule has 0 N–H and O–H groups in total. The van der Waals surface area contributed by atoms with Crippen LogP contribution in [-0.2, 0) is 9.84 Å². The second kappa shape index (κ2) is 5.19. The van der Waals surface area contributed by atoms with Gasteiger partial charge in [0.05, 0.1) is 9.82 Å². The number of nitro benzene ring substituents is 1. The fraction of sp³-hybridized carbons (Fsp3) is 0. The zero-order valence-electron chi connectivity index (χ0n) is 11.2. The molecule has 0 fully saturated rings. The summed E-state index contributed by atoms with van der Waals surface area (Å²) in [5, 5.41) is 11.9. The van der Waals surface area contributed by atoms with Gasteiger partial charge in [0.25, 0.3) is 5.69 Å². The minimum absolute atomic E-state index is 0.0260. The first kappa shape index (κ1) is 14.2. The Labute approximate surface area is 126 Å². The lowest BCUT2D eigenvalue weighted by Crippen LogP contribution is -2.05. The molecule has 0 amide bonds. The highest BCUT2D eigenvalue weighted by Gasteiger charge is 2.22. The minimum Gasteiger partial charge on any atom is -0.258 e. The van der Waals surface area contributed by atoms with Crippen LogP contribution in [0.4, 0.5) is 5.69 Å². The van der Waals surface area contributed by atoms with Gasteiger partial charge in [0, 0.05) is 23.7 Å². The van der Waals surface area contributed by atoms with E-state index in [2.05, 4.69) is 4.98 Å². The van der Waals surface area contributed by atoms with E-state index in [0.717, 1.165) is 17.5 Å². The summed E-state index contributed by atoms with van der Waals surface area (Å²) >= 11 is 0. The predicted molar refractivity (Wildman–Crippen MR) is 80.3 cm³/mol. The maximum absolute atomic E-state index is 12.7. The predicted octanol–water partition coefficient (Wildman–Crippen LogP) is 2.98. The van der Waals surface area contributed by atoms with Crippen LogP contribution < -0.4 is 0 Å². The number of rotatable bonds is 3. The van der Waals surface area contributed by atoms with Gasteiger partial charge in [-0.1, -0.05) is 24.3 Å². The number of hydrogen-bond donors (Lipinski definition) is 0. The molecule has 6 nitrogen and oxygen atoms in total. The van der Waals surface area contributed by atoms with Gasteiger partial charge < -0.3 is 0 Å². The number of aromatic nitrogens is 1. The van der Waals surface area contributed by atoms with Crippen molar-refractivity contribution in [3.05, 3.63) is 70.9 Å². The molecule has 0 bridgehead atoms. The summed E-state index contributed by atoms with van der Waals surface area (Å²) in [7, 11) is -3.84. The summed E-state index contributed by atoms with van der Waals surface area (Å²) in [4.78, 5) is 14.0. The maximum atomic E-state index is 12.7. The van der Waals surface area contributed by atoms with Gasteiger partial charge in [-0.3, -0.25) is 10.1 Å². The van der Waals surface area contributed by atoms with E-state index < -0.39 is 14.8 Å². The topological polar surface area (TPSA) is 90.2 Å². The van der Waals surface area contributed by atoms with Crippen molar-refractivity contribution in [1.29, 1.82) is 0 Å². The summed E-state index contributed by atoms with van der Waals surface area (Å²) in [6, 6.07) is 13.5. The molecule has 1 heterocycles. The van der Waals surface area contributed by atoms with Crippen molar-refractivity contribution in [2.45, 2.75) is 9.92 Å². The van der Waals surface area contributed by atoms with Gasteiger partial charge in [-0.25, -0.2) is 13.4 Å². The first-order valence-electron chi connectivity index (χ1n) is 6.33. The van der Waals surface area contributed by atoms with Crippen molar-refractivity contribution in [2.24, 2.45) is 0 Å². The van der Waals surface area contributed by atoms with Crippen LogP contribution >= 0.6 is 0 Å². The Kier molecular flexibility index (Phi) is 3.34. The largest absolute Gasteiger partial charge is 0.269 e. The van der Waals surface area contributed by atoms with E-state index in [0.29, 0.717) is 5.39 Å². The molecule has 22 heavy (non-hydrogen) atoms. The molecule has 0 aliphatic carbocycles. The Bertz CT molecular complexity index is 961. The number of pyridine rings is 1.